The standard InChI is InChI=1S/C17H22BrNO5/c1-12(20)19-17(10-23-13(2)21,11-24-14(3)22)9-8-15-4-6-16(18)7-5-15/h4-7H,8-11H2,1-3H3,(H,19,20). The van der Waals surface area contributed by atoms with E-state index in [-0.39, 0.29) is 19.1 Å². The molecule has 6 nitrogen and oxygen atoms in total. The lowest BCUT2D eigenvalue weighted by molar-refractivity contribution is -0.150. The van der Waals surface area contributed by atoms with Crippen LogP contribution in [0.3, 0.4) is 0 Å². The van der Waals surface area contributed by atoms with E-state index in [9.17, 15) is 14.4 Å². The van der Waals surface area contributed by atoms with Crippen molar-refractivity contribution in [1.82, 2.24) is 5.32 Å². The third kappa shape index (κ3) is 7.59. The molecule has 1 aromatic carbocycles. The molecule has 0 fully saturated rings. The average molecular weight is 400 g/mol. The van der Waals surface area contributed by atoms with E-state index in [0.717, 1.165) is 10.0 Å². The average Bonchev–Trinajstić information content (AvgIpc) is 2.49. The second-order valence-electron chi connectivity index (χ2n) is 5.65. The van der Waals surface area contributed by atoms with Crippen LogP contribution in [0.5, 0.6) is 0 Å². The van der Waals surface area contributed by atoms with Crippen LogP contribution in [0.25, 0.3) is 0 Å². The minimum atomic E-state index is -0.962. The van der Waals surface area contributed by atoms with Crippen molar-refractivity contribution in [1.29, 1.82) is 0 Å². The lowest BCUT2D eigenvalue weighted by atomic mass is 9.92. The number of rotatable bonds is 8. The predicted octanol–water partition coefficient (Wildman–Crippen LogP) is 2.38. The van der Waals surface area contributed by atoms with E-state index in [1.54, 1.807) is 0 Å². The maximum absolute atomic E-state index is 11.6. The van der Waals surface area contributed by atoms with Gasteiger partial charge in [0.15, 0.2) is 0 Å². The van der Waals surface area contributed by atoms with E-state index in [1.807, 2.05) is 24.3 Å². The summed E-state index contributed by atoms with van der Waals surface area (Å²) in [5.41, 5.74) is 0.0922. The molecule has 0 atom stereocenters. The molecule has 0 radical (unpaired) electrons. The molecule has 0 saturated carbocycles. The van der Waals surface area contributed by atoms with Crippen LogP contribution in [0.2, 0.25) is 0 Å². The van der Waals surface area contributed by atoms with Gasteiger partial charge in [0.1, 0.15) is 18.8 Å². The van der Waals surface area contributed by atoms with E-state index in [4.69, 9.17) is 9.47 Å². The quantitative estimate of drug-likeness (QED) is 0.678. The molecule has 0 spiro atoms. The van der Waals surface area contributed by atoms with Crippen LogP contribution in [0.15, 0.2) is 28.7 Å². The first-order chi connectivity index (χ1) is 11.2. The zero-order chi connectivity index (χ0) is 18.2. The first-order valence-electron chi connectivity index (χ1n) is 7.52. The second-order valence-corrected chi connectivity index (χ2v) is 6.56. The number of ether oxygens (including phenoxy) is 2. The zero-order valence-corrected chi connectivity index (χ0v) is 15.6. The molecule has 0 aromatic heterocycles. The van der Waals surface area contributed by atoms with Crippen LogP contribution < -0.4 is 5.32 Å². The lowest BCUT2D eigenvalue weighted by Gasteiger charge is -2.33. The largest absolute Gasteiger partial charge is 0.463 e. The number of aryl methyl sites for hydroxylation is 1. The first-order valence-corrected chi connectivity index (χ1v) is 8.32. The Labute approximate surface area is 150 Å². The van der Waals surface area contributed by atoms with Crippen LogP contribution >= 0.6 is 15.9 Å². The van der Waals surface area contributed by atoms with Crippen LogP contribution in [-0.4, -0.2) is 36.6 Å². The number of halogens is 1. The minimum absolute atomic E-state index is 0.0638. The molecule has 1 N–H and O–H groups in total. The van der Waals surface area contributed by atoms with E-state index >= 15 is 0 Å². The third-order valence-electron chi connectivity index (χ3n) is 3.35. The van der Waals surface area contributed by atoms with Gasteiger partial charge in [-0.1, -0.05) is 28.1 Å². The van der Waals surface area contributed by atoms with Gasteiger partial charge in [-0.3, -0.25) is 14.4 Å². The van der Waals surface area contributed by atoms with E-state index in [0.29, 0.717) is 12.8 Å². The van der Waals surface area contributed by atoms with Gasteiger partial charge in [0.05, 0.1) is 0 Å². The summed E-state index contributed by atoms with van der Waals surface area (Å²) < 4.78 is 11.2. The van der Waals surface area contributed by atoms with Gasteiger partial charge < -0.3 is 14.8 Å². The smallest absolute Gasteiger partial charge is 0.302 e. The molecule has 1 amide bonds. The van der Waals surface area contributed by atoms with Gasteiger partial charge in [0, 0.05) is 25.2 Å². The van der Waals surface area contributed by atoms with E-state index in [2.05, 4.69) is 21.2 Å². The van der Waals surface area contributed by atoms with Crippen molar-refractivity contribution in [3.8, 4) is 0 Å². The molecule has 0 saturated heterocycles. The Kier molecular flexibility index (Phi) is 7.91. The monoisotopic (exact) mass is 399 g/mol. The van der Waals surface area contributed by atoms with Gasteiger partial charge in [-0.2, -0.15) is 0 Å². The van der Waals surface area contributed by atoms with Crippen molar-refractivity contribution >= 4 is 33.8 Å². The zero-order valence-electron chi connectivity index (χ0n) is 14.1. The fraction of sp³-hybridized carbons (Fsp3) is 0.471. The number of nitrogens with one attached hydrogen (secondary N) is 1. The van der Waals surface area contributed by atoms with Crippen molar-refractivity contribution in [2.45, 2.75) is 39.2 Å². The summed E-state index contributed by atoms with van der Waals surface area (Å²) in [5.74, 6) is -1.21. The highest BCUT2D eigenvalue weighted by atomic mass is 79.9. The fourth-order valence-electron chi connectivity index (χ4n) is 2.21. The van der Waals surface area contributed by atoms with Crippen LogP contribution in [0.1, 0.15) is 32.8 Å². The van der Waals surface area contributed by atoms with E-state index in [1.165, 1.54) is 20.8 Å². The Morgan fingerprint density at radius 1 is 1.00 bits per heavy atom. The Bertz CT molecular complexity index is 567. The van der Waals surface area contributed by atoms with Crippen molar-refractivity contribution < 1.29 is 23.9 Å². The Morgan fingerprint density at radius 3 is 1.92 bits per heavy atom. The van der Waals surface area contributed by atoms with Crippen molar-refractivity contribution in [2.24, 2.45) is 0 Å². The van der Waals surface area contributed by atoms with Crippen molar-refractivity contribution in [3.63, 3.8) is 0 Å². The Hall–Kier alpha value is -1.89. The van der Waals surface area contributed by atoms with Crippen LogP contribution in [-0.2, 0) is 30.3 Å². The lowest BCUT2D eigenvalue weighted by Crippen LogP contribution is -2.55. The summed E-state index contributed by atoms with van der Waals surface area (Å²) in [4.78, 5) is 34.0. The van der Waals surface area contributed by atoms with Gasteiger partial charge in [0.2, 0.25) is 5.91 Å². The summed E-state index contributed by atoms with van der Waals surface area (Å²) in [6.07, 6.45) is 1.07. The molecular weight excluding hydrogens is 378 g/mol. The summed E-state index contributed by atoms with van der Waals surface area (Å²) in [5, 5.41) is 2.78. The molecule has 0 aliphatic heterocycles. The molecule has 1 aromatic rings. The molecule has 132 valence electrons. The predicted molar refractivity (Wildman–Crippen MR) is 92.3 cm³/mol. The molecule has 0 heterocycles. The van der Waals surface area contributed by atoms with Gasteiger partial charge in [-0.05, 0) is 30.5 Å². The third-order valence-corrected chi connectivity index (χ3v) is 3.88. The fourth-order valence-corrected chi connectivity index (χ4v) is 2.47. The molecule has 0 aliphatic carbocycles. The molecule has 1 rings (SSSR count). The highest BCUT2D eigenvalue weighted by molar-refractivity contribution is 9.10. The minimum Gasteiger partial charge on any atom is -0.463 e. The van der Waals surface area contributed by atoms with Gasteiger partial charge in [-0.15, -0.1) is 0 Å². The maximum Gasteiger partial charge on any atom is 0.302 e. The highest BCUT2D eigenvalue weighted by Gasteiger charge is 2.34. The number of carbonyl (C=O) groups excluding carboxylic acids is 3. The Balaban J connectivity index is 2.92. The van der Waals surface area contributed by atoms with Gasteiger partial charge in [0.25, 0.3) is 0 Å². The first kappa shape index (κ1) is 20.2. The van der Waals surface area contributed by atoms with Crippen LogP contribution in [0.4, 0.5) is 0 Å². The highest BCUT2D eigenvalue weighted by Crippen LogP contribution is 2.19. The molecule has 0 unspecified atom stereocenters. The second kappa shape index (κ2) is 9.42. The Morgan fingerprint density at radius 2 is 1.50 bits per heavy atom. The molecule has 0 bridgehead atoms. The molecular formula is C17H22BrNO5. The maximum atomic E-state index is 11.6. The van der Waals surface area contributed by atoms with Gasteiger partial charge >= 0.3 is 11.9 Å². The molecule has 7 heteroatoms. The number of amides is 1. The number of hydrogen-bond acceptors (Lipinski definition) is 5. The SMILES string of the molecule is CC(=O)NC(CCc1ccc(Br)cc1)(COC(C)=O)COC(C)=O. The molecule has 24 heavy (non-hydrogen) atoms. The van der Waals surface area contributed by atoms with Crippen LogP contribution in [0, 0.1) is 0 Å². The summed E-state index contributed by atoms with van der Waals surface area (Å²) in [6, 6.07) is 7.77. The summed E-state index contributed by atoms with van der Waals surface area (Å²) in [7, 11) is 0. The van der Waals surface area contributed by atoms with Crippen molar-refractivity contribution in [2.75, 3.05) is 13.2 Å². The number of benzene rings is 1. The topological polar surface area (TPSA) is 81.7 Å². The van der Waals surface area contributed by atoms with E-state index < -0.39 is 17.5 Å². The van der Waals surface area contributed by atoms with Crippen molar-refractivity contribution in [3.05, 3.63) is 34.3 Å². The number of carbonyl (C=O) groups is 3. The summed E-state index contributed by atoms with van der Waals surface area (Å²) >= 11 is 3.38. The van der Waals surface area contributed by atoms with Gasteiger partial charge in [-0.25, -0.2) is 0 Å². The number of hydrogen-bond donors (Lipinski definition) is 1. The normalized spacial score (nSPS) is 10.8. The summed E-state index contributed by atoms with van der Waals surface area (Å²) in [6.45, 7) is 3.82. The molecule has 0 aliphatic rings. The number of esters is 2.